The summed E-state index contributed by atoms with van der Waals surface area (Å²) in [6.45, 7) is 7.21. The second-order valence-electron chi connectivity index (χ2n) is 5.10. The fourth-order valence-electron chi connectivity index (χ4n) is 2.48. The van der Waals surface area contributed by atoms with Crippen LogP contribution in [0, 0.1) is 0 Å². The number of anilines is 2. The van der Waals surface area contributed by atoms with Crippen LogP contribution in [0.5, 0.6) is 0 Å². The molecule has 1 fully saturated rings. The van der Waals surface area contributed by atoms with Crippen LogP contribution in [0.1, 0.15) is 32.5 Å². The van der Waals surface area contributed by atoms with Gasteiger partial charge in [-0.15, -0.1) is 0 Å². The van der Waals surface area contributed by atoms with Crippen molar-refractivity contribution in [2.45, 2.75) is 39.2 Å². The molecule has 19 heavy (non-hydrogen) atoms. The minimum absolute atomic E-state index is 0.627. The monoisotopic (exact) mass is 263 g/mol. The molecule has 0 aliphatic carbocycles. The van der Waals surface area contributed by atoms with E-state index in [0.29, 0.717) is 6.04 Å². The molecule has 0 spiro atoms. The van der Waals surface area contributed by atoms with Gasteiger partial charge in [-0.25, -0.2) is 9.97 Å². The van der Waals surface area contributed by atoms with E-state index in [4.69, 9.17) is 0 Å². The van der Waals surface area contributed by atoms with E-state index in [1.165, 1.54) is 19.4 Å². The number of likely N-dealkylation sites (tertiary alicyclic amines) is 1. The smallest absolute Gasteiger partial charge is 0.132 e. The maximum Gasteiger partial charge on any atom is 0.132 e. The third-order valence-corrected chi connectivity index (χ3v) is 3.64. The first kappa shape index (κ1) is 14.1. The largest absolute Gasteiger partial charge is 0.370 e. The summed E-state index contributed by atoms with van der Waals surface area (Å²) in [6.07, 6.45) is 3.43. The minimum Gasteiger partial charge on any atom is -0.370 e. The van der Waals surface area contributed by atoms with Crippen LogP contribution in [0.3, 0.4) is 0 Å². The summed E-state index contributed by atoms with van der Waals surface area (Å²) < 4.78 is 0. The Kier molecular flexibility index (Phi) is 4.96. The molecule has 1 saturated heterocycles. The molecular weight excluding hydrogens is 238 g/mol. The summed E-state index contributed by atoms with van der Waals surface area (Å²) in [7, 11) is 2.20. The molecule has 2 N–H and O–H groups in total. The lowest BCUT2D eigenvalue weighted by Gasteiger charge is -2.20. The Balaban J connectivity index is 2.00. The number of nitrogens with zero attached hydrogens (tertiary/aromatic N) is 3. The van der Waals surface area contributed by atoms with Crippen LogP contribution >= 0.6 is 0 Å². The van der Waals surface area contributed by atoms with E-state index < -0.39 is 0 Å². The quantitative estimate of drug-likeness (QED) is 0.822. The molecule has 5 nitrogen and oxygen atoms in total. The number of rotatable bonds is 6. The lowest BCUT2D eigenvalue weighted by atomic mass is 10.2. The van der Waals surface area contributed by atoms with E-state index in [1.807, 2.05) is 6.07 Å². The maximum absolute atomic E-state index is 4.54. The molecule has 1 aromatic rings. The van der Waals surface area contributed by atoms with Gasteiger partial charge in [0.05, 0.1) is 0 Å². The normalized spacial score (nSPS) is 19.6. The number of hydrogen-bond donors (Lipinski definition) is 2. The number of aromatic nitrogens is 2. The third-order valence-electron chi connectivity index (χ3n) is 3.64. The third kappa shape index (κ3) is 3.80. The molecule has 1 aliphatic rings. The zero-order chi connectivity index (χ0) is 13.7. The molecule has 0 radical (unpaired) electrons. The standard InChI is InChI=1S/C14H25N5/c1-4-12-17-13(15-5-2)9-14(18-12)16-10-11-7-6-8-19(11)3/h9,11H,4-8,10H2,1-3H3,(H2,15,16,17,18). The highest BCUT2D eigenvalue weighted by Gasteiger charge is 2.20. The Morgan fingerprint density at radius 3 is 2.58 bits per heavy atom. The molecule has 1 atom stereocenters. The predicted molar refractivity (Wildman–Crippen MR) is 79.7 cm³/mol. The Morgan fingerprint density at radius 1 is 1.26 bits per heavy atom. The summed E-state index contributed by atoms with van der Waals surface area (Å²) in [6, 6.07) is 2.63. The van der Waals surface area contributed by atoms with Crippen molar-refractivity contribution in [3.05, 3.63) is 11.9 Å². The van der Waals surface area contributed by atoms with Gasteiger partial charge in [0.25, 0.3) is 0 Å². The zero-order valence-electron chi connectivity index (χ0n) is 12.2. The molecule has 1 unspecified atom stereocenters. The summed E-state index contributed by atoms with van der Waals surface area (Å²) in [4.78, 5) is 11.4. The lowest BCUT2D eigenvalue weighted by molar-refractivity contribution is 0.322. The molecule has 0 bridgehead atoms. The van der Waals surface area contributed by atoms with E-state index in [0.717, 1.165) is 37.0 Å². The molecule has 0 aromatic carbocycles. The Hall–Kier alpha value is -1.36. The minimum atomic E-state index is 0.627. The van der Waals surface area contributed by atoms with Crippen molar-refractivity contribution < 1.29 is 0 Å². The first-order valence-electron chi connectivity index (χ1n) is 7.28. The fraction of sp³-hybridized carbons (Fsp3) is 0.714. The topological polar surface area (TPSA) is 53.1 Å². The average Bonchev–Trinajstić information content (AvgIpc) is 2.82. The van der Waals surface area contributed by atoms with Gasteiger partial charge in [0.1, 0.15) is 17.5 Å². The second kappa shape index (κ2) is 6.70. The van der Waals surface area contributed by atoms with Gasteiger partial charge >= 0.3 is 0 Å². The van der Waals surface area contributed by atoms with E-state index in [9.17, 15) is 0 Å². The Morgan fingerprint density at radius 2 is 2.00 bits per heavy atom. The highest BCUT2D eigenvalue weighted by Crippen LogP contribution is 2.16. The van der Waals surface area contributed by atoms with Gasteiger partial charge in [-0.05, 0) is 33.4 Å². The number of nitrogens with one attached hydrogen (secondary N) is 2. The van der Waals surface area contributed by atoms with Crippen LogP contribution < -0.4 is 10.6 Å². The van der Waals surface area contributed by atoms with E-state index >= 15 is 0 Å². The van der Waals surface area contributed by atoms with E-state index in [2.05, 4.69) is 46.4 Å². The van der Waals surface area contributed by atoms with Crippen molar-refractivity contribution in [2.75, 3.05) is 37.3 Å². The van der Waals surface area contributed by atoms with Crippen LogP contribution in [-0.2, 0) is 6.42 Å². The van der Waals surface area contributed by atoms with Crippen LogP contribution in [0.4, 0.5) is 11.6 Å². The first-order chi connectivity index (χ1) is 9.22. The van der Waals surface area contributed by atoms with Crippen LogP contribution in [0.25, 0.3) is 0 Å². The van der Waals surface area contributed by atoms with Crippen LogP contribution in [0.15, 0.2) is 6.07 Å². The number of likely N-dealkylation sites (N-methyl/N-ethyl adjacent to an activating group) is 1. The van der Waals surface area contributed by atoms with Gasteiger partial charge in [-0.1, -0.05) is 6.92 Å². The van der Waals surface area contributed by atoms with Crippen molar-refractivity contribution in [3.63, 3.8) is 0 Å². The van der Waals surface area contributed by atoms with Gasteiger partial charge in [-0.3, -0.25) is 0 Å². The summed E-state index contributed by atoms with van der Waals surface area (Å²) in [5, 5.41) is 6.72. The van der Waals surface area contributed by atoms with Gasteiger partial charge in [0, 0.05) is 31.6 Å². The maximum atomic E-state index is 4.54. The molecule has 5 heteroatoms. The molecule has 2 rings (SSSR count). The summed E-state index contributed by atoms with van der Waals surface area (Å²) in [5.74, 6) is 2.74. The van der Waals surface area contributed by atoms with Gasteiger partial charge in [0.15, 0.2) is 0 Å². The number of hydrogen-bond acceptors (Lipinski definition) is 5. The fourth-order valence-corrected chi connectivity index (χ4v) is 2.48. The highest BCUT2D eigenvalue weighted by atomic mass is 15.2. The highest BCUT2D eigenvalue weighted by molar-refractivity contribution is 5.47. The SMILES string of the molecule is CCNc1cc(NCC2CCCN2C)nc(CC)n1. The molecule has 106 valence electrons. The van der Waals surface area contributed by atoms with E-state index in [1.54, 1.807) is 0 Å². The van der Waals surface area contributed by atoms with Crippen molar-refractivity contribution >= 4 is 11.6 Å². The van der Waals surface area contributed by atoms with E-state index in [-0.39, 0.29) is 0 Å². The van der Waals surface area contributed by atoms with Crippen LogP contribution in [-0.4, -0.2) is 47.6 Å². The number of aryl methyl sites for hydroxylation is 1. The molecule has 0 saturated carbocycles. The molecule has 1 aliphatic heterocycles. The van der Waals surface area contributed by atoms with Crippen LogP contribution in [0.2, 0.25) is 0 Å². The average molecular weight is 263 g/mol. The molecule has 1 aromatic heterocycles. The molecule has 0 amide bonds. The van der Waals surface area contributed by atoms with Crippen molar-refractivity contribution in [2.24, 2.45) is 0 Å². The summed E-state index contributed by atoms with van der Waals surface area (Å²) in [5.41, 5.74) is 0. The Labute approximate surface area is 115 Å². The first-order valence-corrected chi connectivity index (χ1v) is 7.28. The van der Waals surface area contributed by atoms with Crippen molar-refractivity contribution in [1.29, 1.82) is 0 Å². The summed E-state index contributed by atoms with van der Waals surface area (Å²) >= 11 is 0. The van der Waals surface area contributed by atoms with Gasteiger partial charge in [0.2, 0.25) is 0 Å². The molecular formula is C14H25N5. The zero-order valence-corrected chi connectivity index (χ0v) is 12.2. The van der Waals surface area contributed by atoms with Crippen molar-refractivity contribution in [3.8, 4) is 0 Å². The lowest BCUT2D eigenvalue weighted by Crippen LogP contribution is -2.31. The second-order valence-corrected chi connectivity index (χ2v) is 5.10. The van der Waals surface area contributed by atoms with Gasteiger partial charge in [-0.2, -0.15) is 0 Å². The van der Waals surface area contributed by atoms with Gasteiger partial charge < -0.3 is 15.5 Å². The predicted octanol–water partition coefficient (Wildman–Crippen LogP) is 1.98. The van der Waals surface area contributed by atoms with Crippen molar-refractivity contribution in [1.82, 2.24) is 14.9 Å². The Bertz CT molecular complexity index is 407. The molecule has 2 heterocycles.